The van der Waals surface area contributed by atoms with E-state index in [0.29, 0.717) is 12.1 Å². The molecular formula is C5H9N3. The molecule has 0 atom stereocenters. The Kier molecular flexibility index (Phi) is 3.63. The Labute approximate surface area is 48.8 Å². The van der Waals surface area contributed by atoms with Gasteiger partial charge in [-0.05, 0) is 7.05 Å². The van der Waals surface area contributed by atoms with Crippen LogP contribution in [-0.4, -0.2) is 13.6 Å². The average Bonchev–Trinajstić information content (AvgIpc) is 1.83. The van der Waals surface area contributed by atoms with E-state index in [1.54, 1.807) is 7.05 Å². The quantitative estimate of drug-likeness (QED) is 0.475. The number of nitrogens with one attached hydrogen (secondary N) is 1. The Balaban J connectivity index is 3.60. The van der Waals surface area contributed by atoms with Crippen LogP contribution >= 0.6 is 0 Å². The molecule has 0 bridgehead atoms. The van der Waals surface area contributed by atoms with Crippen LogP contribution in [-0.2, 0) is 0 Å². The van der Waals surface area contributed by atoms with E-state index in [-0.39, 0.29) is 0 Å². The highest BCUT2D eigenvalue weighted by molar-refractivity contribution is 5.20. The first-order chi connectivity index (χ1) is 3.85. The maximum Gasteiger partial charge on any atom is 0.0975 e. The lowest BCUT2D eigenvalue weighted by atomic mass is 10.3. The van der Waals surface area contributed by atoms with E-state index in [9.17, 15) is 0 Å². The number of nitrogens with zero attached hydrogens (tertiary/aromatic N) is 1. The van der Waals surface area contributed by atoms with Gasteiger partial charge >= 0.3 is 0 Å². The molecule has 0 rings (SSSR count). The molecule has 3 nitrogen and oxygen atoms in total. The van der Waals surface area contributed by atoms with Gasteiger partial charge in [0.1, 0.15) is 0 Å². The molecule has 44 valence electrons. The summed E-state index contributed by atoms with van der Waals surface area (Å²) in [4.78, 5) is 0. The Bertz CT molecular complexity index is 120. The highest BCUT2D eigenvalue weighted by Gasteiger charge is 1.86. The minimum atomic E-state index is 0.549. The number of nitrogens with two attached hydrogens (primary N) is 1. The first-order valence-electron chi connectivity index (χ1n) is 2.30. The van der Waals surface area contributed by atoms with Crippen molar-refractivity contribution in [3.63, 3.8) is 0 Å². The van der Waals surface area contributed by atoms with Crippen molar-refractivity contribution in [3.05, 3.63) is 11.8 Å². The summed E-state index contributed by atoms with van der Waals surface area (Å²) in [6.07, 6.45) is 1.30. The SMILES string of the molecule is CNCC(C#N)=CN. The van der Waals surface area contributed by atoms with Crippen molar-refractivity contribution in [3.8, 4) is 6.07 Å². The summed E-state index contributed by atoms with van der Waals surface area (Å²) >= 11 is 0. The molecule has 0 aliphatic heterocycles. The van der Waals surface area contributed by atoms with Crippen LogP contribution in [0.5, 0.6) is 0 Å². The van der Waals surface area contributed by atoms with Gasteiger partial charge in [0.05, 0.1) is 11.6 Å². The zero-order valence-electron chi connectivity index (χ0n) is 4.81. The molecule has 0 aromatic heterocycles. The summed E-state index contributed by atoms with van der Waals surface area (Å²) in [5, 5.41) is 11.0. The molecule has 0 aromatic carbocycles. The first kappa shape index (κ1) is 6.99. The number of hydrogen-bond donors (Lipinski definition) is 2. The molecule has 0 aliphatic carbocycles. The van der Waals surface area contributed by atoms with Crippen molar-refractivity contribution in [2.75, 3.05) is 13.6 Å². The van der Waals surface area contributed by atoms with Crippen LogP contribution in [0.25, 0.3) is 0 Å². The predicted molar refractivity (Wildman–Crippen MR) is 31.8 cm³/mol. The van der Waals surface area contributed by atoms with Gasteiger partial charge in [0, 0.05) is 12.7 Å². The second kappa shape index (κ2) is 4.16. The summed E-state index contributed by atoms with van der Waals surface area (Å²) < 4.78 is 0. The van der Waals surface area contributed by atoms with Gasteiger partial charge in [-0.15, -0.1) is 0 Å². The van der Waals surface area contributed by atoms with Gasteiger partial charge in [-0.3, -0.25) is 0 Å². The summed E-state index contributed by atoms with van der Waals surface area (Å²) in [5.41, 5.74) is 5.61. The maximum absolute atomic E-state index is 8.22. The molecule has 0 unspecified atom stereocenters. The monoisotopic (exact) mass is 111 g/mol. The highest BCUT2D eigenvalue weighted by atomic mass is 14.8. The number of likely N-dealkylation sites (N-methyl/N-ethyl adjacent to an activating group) is 1. The van der Waals surface area contributed by atoms with Crippen LogP contribution in [0.2, 0.25) is 0 Å². The zero-order chi connectivity index (χ0) is 6.41. The molecule has 3 N–H and O–H groups in total. The lowest BCUT2D eigenvalue weighted by molar-refractivity contribution is 0.895. The van der Waals surface area contributed by atoms with Gasteiger partial charge in [-0.25, -0.2) is 0 Å². The largest absolute Gasteiger partial charge is 0.404 e. The van der Waals surface area contributed by atoms with Gasteiger partial charge in [0.15, 0.2) is 0 Å². The third-order valence-corrected chi connectivity index (χ3v) is 0.712. The molecule has 8 heavy (non-hydrogen) atoms. The molecule has 0 saturated carbocycles. The van der Waals surface area contributed by atoms with E-state index in [1.165, 1.54) is 6.20 Å². The van der Waals surface area contributed by atoms with Crippen molar-refractivity contribution < 1.29 is 0 Å². The molecule has 0 fully saturated rings. The molecule has 0 aliphatic rings. The van der Waals surface area contributed by atoms with Crippen LogP contribution in [0.15, 0.2) is 11.8 Å². The Morgan fingerprint density at radius 2 is 2.62 bits per heavy atom. The minimum absolute atomic E-state index is 0.549. The van der Waals surface area contributed by atoms with Crippen molar-refractivity contribution in [1.29, 1.82) is 5.26 Å². The second-order valence-corrected chi connectivity index (χ2v) is 1.33. The fraction of sp³-hybridized carbons (Fsp3) is 0.400. The predicted octanol–water partition coefficient (Wildman–Crippen LogP) is -0.428. The minimum Gasteiger partial charge on any atom is -0.404 e. The van der Waals surface area contributed by atoms with Crippen LogP contribution in [0.4, 0.5) is 0 Å². The third-order valence-electron chi connectivity index (χ3n) is 0.712. The molecule has 0 aromatic rings. The van der Waals surface area contributed by atoms with Crippen LogP contribution in [0.1, 0.15) is 0 Å². The van der Waals surface area contributed by atoms with Crippen molar-refractivity contribution in [2.45, 2.75) is 0 Å². The van der Waals surface area contributed by atoms with E-state index in [2.05, 4.69) is 5.32 Å². The molecular weight excluding hydrogens is 102 g/mol. The number of hydrogen-bond acceptors (Lipinski definition) is 3. The van der Waals surface area contributed by atoms with Gasteiger partial charge < -0.3 is 11.1 Å². The van der Waals surface area contributed by atoms with Crippen LogP contribution in [0.3, 0.4) is 0 Å². The normalized spacial score (nSPS) is 10.8. The standard InChI is InChI=1S/C5H9N3/c1-8-4-5(2-6)3-7/h2,8H,4,6H2,1H3. The van der Waals surface area contributed by atoms with E-state index < -0.39 is 0 Å². The van der Waals surface area contributed by atoms with Gasteiger partial charge in [0.2, 0.25) is 0 Å². The summed E-state index contributed by atoms with van der Waals surface area (Å²) in [7, 11) is 1.76. The van der Waals surface area contributed by atoms with Gasteiger partial charge in [-0.1, -0.05) is 0 Å². The van der Waals surface area contributed by atoms with Crippen molar-refractivity contribution in [2.24, 2.45) is 5.73 Å². The molecule has 0 radical (unpaired) electrons. The fourth-order valence-corrected chi connectivity index (χ4v) is 0.326. The second-order valence-electron chi connectivity index (χ2n) is 1.33. The van der Waals surface area contributed by atoms with Crippen LogP contribution < -0.4 is 11.1 Å². The summed E-state index contributed by atoms with van der Waals surface area (Å²) in [5.74, 6) is 0. The first-order valence-corrected chi connectivity index (χ1v) is 2.30. The Morgan fingerprint density at radius 3 is 2.75 bits per heavy atom. The van der Waals surface area contributed by atoms with Gasteiger partial charge in [0.25, 0.3) is 0 Å². The molecule has 0 heterocycles. The molecule has 0 amide bonds. The number of nitriles is 1. The third kappa shape index (κ3) is 2.21. The summed E-state index contributed by atoms with van der Waals surface area (Å²) in [6.45, 7) is 0.549. The van der Waals surface area contributed by atoms with Crippen molar-refractivity contribution in [1.82, 2.24) is 5.32 Å². The van der Waals surface area contributed by atoms with Crippen LogP contribution in [0, 0.1) is 11.3 Å². The summed E-state index contributed by atoms with van der Waals surface area (Å²) in [6, 6.07) is 1.93. The zero-order valence-corrected chi connectivity index (χ0v) is 4.81. The highest BCUT2D eigenvalue weighted by Crippen LogP contribution is 1.81. The molecule has 0 spiro atoms. The topological polar surface area (TPSA) is 61.8 Å². The number of rotatable bonds is 2. The Morgan fingerprint density at radius 1 is 2.00 bits per heavy atom. The van der Waals surface area contributed by atoms with E-state index in [0.717, 1.165) is 0 Å². The fourth-order valence-electron chi connectivity index (χ4n) is 0.326. The van der Waals surface area contributed by atoms with Crippen molar-refractivity contribution >= 4 is 0 Å². The Hall–Kier alpha value is -1.01. The lowest BCUT2D eigenvalue weighted by Crippen LogP contribution is -2.10. The average molecular weight is 111 g/mol. The van der Waals surface area contributed by atoms with Gasteiger partial charge in [-0.2, -0.15) is 5.26 Å². The van der Waals surface area contributed by atoms with E-state index in [4.69, 9.17) is 11.0 Å². The van der Waals surface area contributed by atoms with E-state index >= 15 is 0 Å². The van der Waals surface area contributed by atoms with E-state index in [1.807, 2.05) is 6.07 Å². The maximum atomic E-state index is 8.22. The molecule has 0 saturated heterocycles. The molecule has 3 heteroatoms. The smallest absolute Gasteiger partial charge is 0.0975 e. The lowest BCUT2D eigenvalue weighted by Gasteiger charge is -1.90.